The Balaban J connectivity index is 0.00000441. The number of carbonyl (C=O) groups is 2. The third-order valence-corrected chi connectivity index (χ3v) is 3.15. The summed E-state index contributed by atoms with van der Waals surface area (Å²) in [6, 6.07) is 6.69. The molecule has 1 rings (SSSR count). The molecule has 0 saturated heterocycles. The van der Waals surface area contributed by atoms with Gasteiger partial charge in [-0.1, -0.05) is 0 Å². The fourth-order valence-electron chi connectivity index (χ4n) is 1.87. The van der Waals surface area contributed by atoms with Crippen molar-refractivity contribution in [2.75, 3.05) is 19.6 Å². The van der Waals surface area contributed by atoms with Crippen LogP contribution in [0.1, 0.15) is 48.4 Å². The Labute approximate surface area is 138 Å². The first kappa shape index (κ1) is 20.4. The number of halogens is 1. The van der Waals surface area contributed by atoms with E-state index < -0.39 is 5.54 Å². The second kappa shape index (κ2) is 8.76. The summed E-state index contributed by atoms with van der Waals surface area (Å²) in [6.45, 7) is 9.31. The summed E-state index contributed by atoms with van der Waals surface area (Å²) in [4.78, 5) is 25.9. The van der Waals surface area contributed by atoms with E-state index in [1.165, 1.54) is 0 Å². The average Bonchev–Trinajstić information content (AvgIpc) is 2.45. The number of hydrogen-bond acceptors (Lipinski definition) is 3. The zero-order chi connectivity index (χ0) is 16.0. The summed E-state index contributed by atoms with van der Waals surface area (Å²) >= 11 is 0. The maximum atomic E-state index is 12.2. The van der Waals surface area contributed by atoms with Crippen molar-refractivity contribution < 1.29 is 9.59 Å². The van der Waals surface area contributed by atoms with Crippen molar-refractivity contribution in [1.82, 2.24) is 10.2 Å². The molecule has 3 N–H and O–H groups in total. The first-order valence-corrected chi connectivity index (χ1v) is 7.25. The van der Waals surface area contributed by atoms with Crippen molar-refractivity contribution in [1.29, 1.82) is 0 Å². The molecule has 1 aromatic carbocycles. The highest BCUT2D eigenvalue weighted by molar-refractivity contribution is 5.97. The number of nitrogens with zero attached hydrogens (tertiary/aromatic N) is 1. The van der Waals surface area contributed by atoms with Gasteiger partial charge in [0, 0.05) is 36.3 Å². The van der Waals surface area contributed by atoms with E-state index in [0.717, 1.165) is 0 Å². The van der Waals surface area contributed by atoms with Gasteiger partial charge in [-0.05, 0) is 52.0 Å². The molecule has 5 nitrogen and oxygen atoms in total. The quantitative estimate of drug-likeness (QED) is 0.839. The topological polar surface area (TPSA) is 75.4 Å². The van der Waals surface area contributed by atoms with Crippen molar-refractivity contribution >= 4 is 24.2 Å². The lowest BCUT2D eigenvalue weighted by Crippen LogP contribution is -2.45. The van der Waals surface area contributed by atoms with E-state index in [1.807, 2.05) is 27.7 Å². The summed E-state index contributed by atoms with van der Waals surface area (Å²) in [6.07, 6.45) is 0. The third kappa shape index (κ3) is 6.03. The molecule has 0 fully saturated rings. The number of rotatable bonds is 6. The molecule has 0 aliphatic heterocycles. The molecule has 2 amide bonds. The van der Waals surface area contributed by atoms with Crippen LogP contribution in [0.4, 0.5) is 0 Å². The van der Waals surface area contributed by atoms with Crippen LogP contribution in [0, 0.1) is 0 Å². The highest BCUT2D eigenvalue weighted by atomic mass is 35.5. The number of benzene rings is 1. The fourth-order valence-corrected chi connectivity index (χ4v) is 1.87. The lowest BCUT2D eigenvalue weighted by Gasteiger charge is -2.19. The van der Waals surface area contributed by atoms with E-state index in [2.05, 4.69) is 5.32 Å². The fraction of sp³-hybridized carbons (Fsp3) is 0.500. The molecule has 0 heterocycles. The van der Waals surface area contributed by atoms with Crippen molar-refractivity contribution in [3.05, 3.63) is 35.4 Å². The van der Waals surface area contributed by atoms with Crippen molar-refractivity contribution in [3.8, 4) is 0 Å². The SMILES string of the molecule is CCN(CC)C(=O)c1ccc(C(=O)NCC(C)(C)N)cc1.Cl. The molecule has 0 aromatic heterocycles. The molecule has 0 aliphatic rings. The van der Waals surface area contributed by atoms with Crippen LogP contribution in [0.3, 0.4) is 0 Å². The normalized spacial score (nSPS) is 10.6. The van der Waals surface area contributed by atoms with Crippen LogP contribution in [-0.2, 0) is 0 Å². The molecule has 0 saturated carbocycles. The summed E-state index contributed by atoms with van der Waals surface area (Å²) in [5, 5.41) is 2.77. The highest BCUT2D eigenvalue weighted by Crippen LogP contribution is 2.08. The van der Waals surface area contributed by atoms with Gasteiger partial charge in [-0.3, -0.25) is 9.59 Å². The van der Waals surface area contributed by atoms with Gasteiger partial charge in [0.15, 0.2) is 0 Å². The average molecular weight is 328 g/mol. The first-order valence-electron chi connectivity index (χ1n) is 7.25. The van der Waals surface area contributed by atoms with Gasteiger partial charge in [-0.2, -0.15) is 0 Å². The van der Waals surface area contributed by atoms with Gasteiger partial charge < -0.3 is 16.0 Å². The predicted octanol–water partition coefficient (Wildman–Crippen LogP) is 2.06. The molecule has 0 aliphatic carbocycles. The number of hydrogen-bond donors (Lipinski definition) is 2. The zero-order valence-corrected chi connectivity index (χ0v) is 14.5. The van der Waals surface area contributed by atoms with E-state index >= 15 is 0 Å². The molecular formula is C16H26ClN3O2. The Morgan fingerprint density at radius 3 is 1.95 bits per heavy atom. The molecule has 22 heavy (non-hydrogen) atoms. The lowest BCUT2D eigenvalue weighted by atomic mass is 10.1. The largest absolute Gasteiger partial charge is 0.350 e. The van der Waals surface area contributed by atoms with Crippen LogP contribution < -0.4 is 11.1 Å². The molecular weight excluding hydrogens is 302 g/mol. The highest BCUT2D eigenvalue weighted by Gasteiger charge is 2.15. The number of carbonyl (C=O) groups excluding carboxylic acids is 2. The number of nitrogens with one attached hydrogen (secondary N) is 1. The molecule has 0 unspecified atom stereocenters. The second-order valence-electron chi connectivity index (χ2n) is 5.73. The van der Waals surface area contributed by atoms with Gasteiger partial charge in [-0.15, -0.1) is 12.4 Å². The standard InChI is InChI=1S/C16H25N3O2.ClH/c1-5-19(6-2)15(21)13-9-7-12(8-10-13)14(20)18-11-16(3,4)17;/h7-10H,5-6,11,17H2,1-4H3,(H,18,20);1H. The monoisotopic (exact) mass is 327 g/mol. The van der Waals surface area contributed by atoms with Crippen molar-refractivity contribution in [2.45, 2.75) is 33.2 Å². The number of amides is 2. The lowest BCUT2D eigenvalue weighted by molar-refractivity contribution is 0.0772. The van der Waals surface area contributed by atoms with E-state index in [4.69, 9.17) is 5.73 Å². The smallest absolute Gasteiger partial charge is 0.253 e. The third-order valence-electron chi connectivity index (χ3n) is 3.15. The maximum absolute atomic E-state index is 12.2. The Morgan fingerprint density at radius 2 is 1.55 bits per heavy atom. The van der Waals surface area contributed by atoms with E-state index in [1.54, 1.807) is 29.2 Å². The Kier molecular flexibility index (Phi) is 8.12. The van der Waals surface area contributed by atoms with Crippen LogP contribution in [0.25, 0.3) is 0 Å². The van der Waals surface area contributed by atoms with Crippen LogP contribution in [-0.4, -0.2) is 41.9 Å². The Hall–Kier alpha value is -1.59. The van der Waals surface area contributed by atoms with E-state index in [0.29, 0.717) is 30.8 Å². The first-order chi connectivity index (χ1) is 9.78. The second-order valence-corrected chi connectivity index (χ2v) is 5.73. The molecule has 124 valence electrons. The van der Waals surface area contributed by atoms with Crippen LogP contribution >= 0.6 is 12.4 Å². The van der Waals surface area contributed by atoms with Crippen LogP contribution in [0.15, 0.2) is 24.3 Å². The zero-order valence-electron chi connectivity index (χ0n) is 13.7. The van der Waals surface area contributed by atoms with Gasteiger partial charge in [-0.25, -0.2) is 0 Å². The Morgan fingerprint density at radius 1 is 1.09 bits per heavy atom. The molecule has 0 radical (unpaired) electrons. The van der Waals surface area contributed by atoms with E-state index in [9.17, 15) is 9.59 Å². The molecule has 6 heteroatoms. The van der Waals surface area contributed by atoms with Gasteiger partial charge in [0.2, 0.25) is 0 Å². The maximum Gasteiger partial charge on any atom is 0.253 e. The summed E-state index contributed by atoms with van der Waals surface area (Å²) in [5.41, 5.74) is 6.49. The van der Waals surface area contributed by atoms with Crippen molar-refractivity contribution in [3.63, 3.8) is 0 Å². The van der Waals surface area contributed by atoms with Crippen LogP contribution in [0.2, 0.25) is 0 Å². The summed E-state index contributed by atoms with van der Waals surface area (Å²) in [5.74, 6) is -0.203. The van der Waals surface area contributed by atoms with E-state index in [-0.39, 0.29) is 24.2 Å². The van der Waals surface area contributed by atoms with Crippen LogP contribution in [0.5, 0.6) is 0 Å². The molecule has 0 bridgehead atoms. The van der Waals surface area contributed by atoms with Gasteiger partial charge >= 0.3 is 0 Å². The minimum absolute atomic E-state index is 0. The minimum atomic E-state index is -0.450. The molecule has 1 aromatic rings. The Bertz CT molecular complexity index is 491. The predicted molar refractivity (Wildman–Crippen MR) is 91.5 cm³/mol. The summed E-state index contributed by atoms with van der Waals surface area (Å²) in [7, 11) is 0. The van der Waals surface area contributed by atoms with Gasteiger partial charge in [0.25, 0.3) is 11.8 Å². The van der Waals surface area contributed by atoms with Crippen molar-refractivity contribution in [2.24, 2.45) is 5.73 Å². The van der Waals surface area contributed by atoms with Gasteiger partial charge in [0.05, 0.1) is 0 Å². The summed E-state index contributed by atoms with van der Waals surface area (Å²) < 4.78 is 0. The molecule has 0 spiro atoms. The number of nitrogens with two attached hydrogens (primary N) is 1. The van der Waals surface area contributed by atoms with Gasteiger partial charge in [0.1, 0.15) is 0 Å². The molecule has 0 atom stereocenters. The minimum Gasteiger partial charge on any atom is -0.350 e.